The zero-order valence-electron chi connectivity index (χ0n) is 15.9. The Morgan fingerprint density at radius 2 is 1.21 bits per heavy atom. The SMILES string of the molecule is CCCCCCCCCCCCOC(=O)/C=C/C(=O)OCC(C)C. The number of carbonyl (C=O) groups is 2. The second kappa shape index (κ2) is 16.5. The molecule has 0 aromatic heterocycles. The molecular weight excluding hydrogens is 304 g/mol. The molecule has 0 unspecified atom stereocenters. The Bertz CT molecular complexity index is 348. The molecule has 0 fully saturated rings. The second-order valence-corrected chi connectivity index (χ2v) is 6.71. The third-order valence-electron chi connectivity index (χ3n) is 3.66. The predicted octanol–water partition coefficient (Wildman–Crippen LogP) is 5.21. The van der Waals surface area contributed by atoms with E-state index in [4.69, 9.17) is 9.47 Å². The second-order valence-electron chi connectivity index (χ2n) is 6.71. The van der Waals surface area contributed by atoms with Crippen LogP contribution < -0.4 is 0 Å². The molecule has 0 aromatic rings. The van der Waals surface area contributed by atoms with Gasteiger partial charge in [-0.25, -0.2) is 9.59 Å². The van der Waals surface area contributed by atoms with Gasteiger partial charge in [-0.1, -0.05) is 78.6 Å². The first-order valence-electron chi connectivity index (χ1n) is 9.57. The Labute approximate surface area is 148 Å². The van der Waals surface area contributed by atoms with Crippen LogP contribution in [0.2, 0.25) is 0 Å². The van der Waals surface area contributed by atoms with Crippen molar-refractivity contribution in [1.29, 1.82) is 0 Å². The van der Waals surface area contributed by atoms with Crippen molar-refractivity contribution in [2.24, 2.45) is 5.92 Å². The summed E-state index contributed by atoms with van der Waals surface area (Å²) in [6.45, 7) is 6.92. The Hall–Kier alpha value is -1.32. The quantitative estimate of drug-likeness (QED) is 0.233. The van der Waals surface area contributed by atoms with Crippen molar-refractivity contribution in [2.75, 3.05) is 13.2 Å². The Morgan fingerprint density at radius 1 is 0.750 bits per heavy atom. The molecule has 0 saturated carbocycles. The lowest BCUT2D eigenvalue weighted by Crippen LogP contribution is -2.08. The molecule has 0 aromatic carbocycles. The first kappa shape index (κ1) is 22.7. The van der Waals surface area contributed by atoms with Crippen LogP contribution in [0.3, 0.4) is 0 Å². The molecule has 0 N–H and O–H groups in total. The number of hydrogen-bond donors (Lipinski definition) is 0. The van der Waals surface area contributed by atoms with Crippen molar-refractivity contribution >= 4 is 11.9 Å². The zero-order valence-corrected chi connectivity index (χ0v) is 15.9. The van der Waals surface area contributed by atoms with Crippen molar-refractivity contribution in [3.8, 4) is 0 Å². The molecule has 0 aliphatic heterocycles. The summed E-state index contributed by atoms with van der Waals surface area (Å²) in [7, 11) is 0. The number of unbranched alkanes of at least 4 members (excludes halogenated alkanes) is 9. The summed E-state index contributed by atoms with van der Waals surface area (Å²) in [5, 5.41) is 0. The number of hydrogen-bond acceptors (Lipinski definition) is 4. The average molecular weight is 341 g/mol. The summed E-state index contributed by atoms with van der Waals surface area (Å²) in [5.74, 6) is -0.697. The van der Waals surface area contributed by atoms with Crippen LogP contribution >= 0.6 is 0 Å². The summed E-state index contributed by atoms with van der Waals surface area (Å²) in [6, 6.07) is 0. The van der Waals surface area contributed by atoms with E-state index in [0.29, 0.717) is 13.2 Å². The summed E-state index contributed by atoms with van der Waals surface area (Å²) >= 11 is 0. The largest absolute Gasteiger partial charge is 0.463 e. The van der Waals surface area contributed by atoms with Gasteiger partial charge in [0.2, 0.25) is 0 Å². The zero-order chi connectivity index (χ0) is 18.0. The third kappa shape index (κ3) is 17.0. The standard InChI is InChI=1S/C20H36O4/c1-4-5-6-7-8-9-10-11-12-13-16-23-19(21)14-15-20(22)24-17-18(2)3/h14-15,18H,4-13,16-17H2,1-3H3/b15-14+. The lowest BCUT2D eigenvalue weighted by atomic mass is 10.1. The first-order chi connectivity index (χ1) is 11.6. The molecule has 4 heteroatoms. The van der Waals surface area contributed by atoms with Gasteiger partial charge >= 0.3 is 11.9 Å². The maximum absolute atomic E-state index is 11.4. The maximum atomic E-state index is 11.4. The predicted molar refractivity (Wildman–Crippen MR) is 97.7 cm³/mol. The summed E-state index contributed by atoms with van der Waals surface area (Å²) in [5.41, 5.74) is 0. The van der Waals surface area contributed by atoms with Gasteiger partial charge in [0.15, 0.2) is 0 Å². The van der Waals surface area contributed by atoms with Crippen LogP contribution in [0.25, 0.3) is 0 Å². The van der Waals surface area contributed by atoms with Crippen LogP contribution in [0.4, 0.5) is 0 Å². The first-order valence-corrected chi connectivity index (χ1v) is 9.57. The van der Waals surface area contributed by atoms with E-state index in [1.54, 1.807) is 0 Å². The van der Waals surface area contributed by atoms with E-state index in [9.17, 15) is 9.59 Å². The normalized spacial score (nSPS) is 11.2. The number of carbonyl (C=O) groups excluding carboxylic acids is 2. The fraction of sp³-hybridized carbons (Fsp3) is 0.800. The number of ether oxygens (including phenoxy) is 2. The molecule has 0 aliphatic rings. The minimum Gasteiger partial charge on any atom is -0.463 e. The van der Waals surface area contributed by atoms with Gasteiger partial charge in [-0.15, -0.1) is 0 Å². The van der Waals surface area contributed by atoms with E-state index in [0.717, 1.165) is 25.0 Å². The minimum atomic E-state index is -0.500. The highest BCUT2D eigenvalue weighted by Gasteiger charge is 2.02. The van der Waals surface area contributed by atoms with Crippen molar-refractivity contribution in [3.05, 3.63) is 12.2 Å². The van der Waals surface area contributed by atoms with E-state index < -0.39 is 11.9 Å². The minimum absolute atomic E-state index is 0.283. The van der Waals surface area contributed by atoms with Crippen molar-refractivity contribution < 1.29 is 19.1 Å². The molecule has 0 aliphatic carbocycles. The highest BCUT2D eigenvalue weighted by atomic mass is 16.5. The molecule has 140 valence electrons. The monoisotopic (exact) mass is 340 g/mol. The molecule has 0 bridgehead atoms. The molecule has 0 atom stereocenters. The molecule has 0 amide bonds. The van der Waals surface area contributed by atoms with Gasteiger partial charge in [0.1, 0.15) is 0 Å². The Morgan fingerprint density at radius 3 is 1.71 bits per heavy atom. The molecule has 4 nitrogen and oxygen atoms in total. The Kier molecular flexibility index (Phi) is 15.6. The molecule has 24 heavy (non-hydrogen) atoms. The fourth-order valence-electron chi connectivity index (χ4n) is 2.24. The molecule has 0 saturated heterocycles. The van der Waals surface area contributed by atoms with Crippen molar-refractivity contribution in [3.63, 3.8) is 0 Å². The molecule has 0 heterocycles. The smallest absolute Gasteiger partial charge is 0.331 e. The summed E-state index contributed by atoms with van der Waals surface area (Å²) in [6.07, 6.45) is 14.7. The molecular formula is C20H36O4. The highest BCUT2D eigenvalue weighted by molar-refractivity contribution is 5.91. The van der Waals surface area contributed by atoms with E-state index in [1.807, 2.05) is 13.8 Å². The van der Waals surface area contributed by atoms with Gasteiger partial charge < -0.3 is 9.47 Å². The van der Waals surface area contributed by atoms with Crippen molar-refractivity contribution in [2.45, 2.75) is 85.0 Å². The topological polar surface area (TPSA) is 52.6 Å². The van der Waals surface area contributed by atoms with Crippen LogP contribution in [-0.2, 0) is 19.1 Å². The third-order valence-corrected chi connectivity index (χ3v) is 3.66. The average Bonchev–Trinajstić information content (AvgIpc) is 2.56. The summed E-state index contributed by atoms with van der Waals surface area (Å²) < 4.78 is 9.99. The van der Waals surface area contributed by atoms with Gasteiger partial charge in [-0.3, -0.25) is 0 Å². The van der Waals surface area contributed by atoms with Gasteiger partial charge in [-0.05, 0) is 12.3 Å². The van der Waals surface area contributed by atoms with E-state index in [2.05, 4.69) is 6.92 Å². The Balaban J connectivity index is 3.41. The molecule has 0 rings (SSSR count). The van der Waals surface area contributed by atoms with E-state index >= 15 is 0 Å². The lowest BCUT2D eigenvalue weighted by molar-refractivity contribution is -0.141. The lowest BCUT2D eigenvalue weighted by Gasteiger charge is -2.04. The maximum Gasteiger partial charge on any atom is 0.331 e. The molecule has 0 radical (unpaired) electrons. The van der Waals surface area contributed by atoms with Gasteiger partial charge in [0.25, 0.3) is 0 Å². The van der Waals surface area contributed by atoms with Gasteiger partial charge in [0.05, 0.1) is 13.2 Å². The fourth-order valence-corrected chi connectivity index (χ4v) is 2.24. The summed E-state index contributed by atoms with van der Waals surface area (Å²) in [4.78, 5) is 22.7. The number of esters is 2. The number of rotatable bonds is 15. The van der Waals surface area contributed by atoms with Crippen LogP contribution in [0.15, 0.2) is 12.2 Å². The van der Waals surface area contributed by atoms with E-state index in [1.165, 1.54) is 51.4 Å². The van der Waals surface area contributed by atoms with Gasteiger partial charge in [0, 0.05) is 12.2 Å². The van der Waals surface area contributed by atoms with Crippen LogP contribution in [0, 0.1) is 5.92 Å². The van der Waals surface area contributed by atoms with Gasteiger partial charge in [-0.2, -0.15) is 0 Å². The van der Waals surface area contributed by atoms with Crippen LogP contribution in [0.1, 0.15) is 85.0 Å². The molecule has 0 spiro atoms. The van der Waals surface area contributed by atoms with Crippen molar-refractivity contribution in [1.82, 2.24) is 0 Å². The van der Waals surface area contributed by atoms with Crippen LogP contribution in [0.5, 0.6) is 0 Å². The highest BCUT2D eigenvalue weighted by Crippen LogP contribution is 2.10. The van der Waals surface area contributed by atoms with E-state index in [-0.39, 0.29) is 5.92 Å². The van der Waals surface area contributed by atoms with Crippen LogP contribution in [-0.4, -0.2) is 25.2 Å².